The number of carbonyl (C=O) groups is 1. The third-order valence-electron chi connectivity index (χ3n) is 6.42. The van der Waals surface area contributed by atoms with E-state index in [1.165, 1.54) is 5.56 Å². The Hall–Kier alpha value is -3.28. The lowest BCUT2D eigenvalue weighted by Crippen LogP contribution is -2.30. The molecule has 0 aliphatic heterocycles. The number of H-pyrrole nitrogens is 1. The minimum absolute atomic E-state index is 0.0687. The van der Waals surface area contributed by atoms with Crippen LogP contribution in [0.15, 0.2) is 47.3 Å². The van der Waals surface area contributed by atoms with Crippen LogP contribution in [0, 0.1) is 13.8 Å². The van der Waals surface area contributed by atoms with Crippen LogP contribution in [0.3, 0.4) is 0 Å². The van der Waals surface area contributed by atoms with Gasteiger partial charge in [-0.25, -0.2) is 4.79 Å². The molecule has 2 N–H and O–H groups in total. The molecule has 0 fully saturated rings. The predicted molar refractivity (Wildman–Crippen MR) is 124 cm³/mol. The number of aliphatic carboxylic acids is 1. The Morgan fingerprint density at radius 1 is 1.06 bits per heavy atom. The van der Waals surface area contributed by atoms with Crippen molar-refractivity contribution in [3.63, 3.8) is 0 Å². The molecule has 2 atom stereocenters. The molecule has 2 heterocycles. The molecule has 0 aliphatic carbocycles. The average molecular weight is 420 g/mol. The van der Waals surface area contributed by atoms with E-state index in [4.69, 9.17) is 0 Å². The van der Waals surface area contributed by atoms with Gasteiger partial charge in [-0.2, -0.15) is 0 Å². The van der Waals surface area contributed by atoms with Crippen LogP contribution in [0.2, 0.25) is 0 Å². The summed E-state index contributed by atoms with van der Waals surface area (Å²) in [6.45, 7) is 8.20. The quantitative estimate of drug-likeness (QED) is 0.425. The van der Waals surface area contributed by atoms with E-state index in [9.17, 15) is 14.7 Å². The SMILES string of the molecule is CCCC(CC(=O)O)n1c(=O)n(C(C)c2cccc3c(C)c(C)[nH]c23)c2ccccc21. The number of imidazole rings is 1. The fraction of sp³-hybridized carbons (Fsp3) is 0.360. The average Bonchev–Trinajstić information content (AvgIpc) is 3.19. The molecule has 4 aromatic rings. The molecule has 2 unspecified atom stereocenters. The van der Waals surface area contributed by atoms with E-state index < -0.39 is 5.97 Å². The lowest BCUT2D eigenvalue weighted by atomic mass is 10.0. The summed E-state index contributed by atoms with van der Waals surface area (Å²) in [5.74, 6) is -0.891. The molecular weight excluding hydrogens is 390 g/mol. The number of rotatable bonds is 7. The number of nitrogens with one attached hydrogen (secondary N) is 1. The second-order valence-electron chi connectivity index (χ2n) is 8.37. The van der Waals surface area contributed by atoms with Gasteiger partial charge in [0.1, 0.15) is 0 Å². The number of fused-ring (bicyclic) bond motifs is 2. The van der Waals surface area contributed by atoms with Crippen molar-refractivity contribution in [1.29, 1.82) is 0 Å². The number of carboxylic acids is 1. The maximum absolute atomic E-state index is 13.7. The Morgan fingerprint density at radius 2 is 1.74 bits per heavy atom. The van der Waals surface area contributed by atoms with Crippen LogP contribution in [-0.2, 0) is 4.79 Å². The highest BCUT2D eigenvalue weighted by Gasteiger charge is 2.25. The van der Waals surface area contributed by atoms with Crippen molar-refractivity contribution < 1.29 is 9.90 Å². The van der Waals surface area contributed by atoms with Crippen LogP contribution in [0.5, 0.6) is 0 Å². The molecule has 6 heteroatoms. The van der Waals surface area contributed by atoms with Gasteiger partial charge in [0.2, 0.25) is 0 Å². The monoisotopic (exact) mass is 419 g/mol. The molecular formula is C25H29N3O3. The van der Waals surface area contributed by atoms with E-state index in [1.54, 1.807) is 9.13 Å². The molecule has 0 saturated carbocycles. The number of hydrogen-bond acceptors (Lipinski definition) is 2. The molecule has 0 spiro atoms. The van der Waals surface area contributed by atoms with Gasteiger partial charge in [-0.1, -0.05) is 43.7 Å². The summed E-state index contributed by atoms with van der Waals surface area (Å²) in [6.07, 6.45) is 1.37. The van der Waals surface area contributed by atoms with Gasteiger partial charge in [0.25, 0.3) is 0 Å². The zero-order valence-corrected chi connectivity index (χ0v) is 18.5. The highest BCUT2D eigenvalue weighted by molar-refractivity contribution is 5.88. The summed E-state index contributed by atoms with van der Waals surface area (Å²) in [5, 5.41) is 10.6. The highest BCUT2D eigenvalue weighted by Crippen LogP contribution is 2.32. The zero-order chi connectivity index (χ0) is 22.3. The van der Waals surface area contributed by atoms with E-state index in [2.05, 4.69) is 31.0 Å². The number of carboxylic acid groups (broad SMARTS) is 1. The van der Waals surface area contributed by atoms with Crippen LogP contribution in [0.25, 0.3) is 21.9 Å². The Morgan fingerprint density at radius 3 is 2.39 bits per heavy atom. The van der Waals surface area contributed by atoms with Crippen LogP contribution in [0.4, 0.5) is 0 Å². The van der Waals surface area contributed by atoms with Gasteiger partial charge >= 0.3 is 11.7 Å². The minimum atomic E-state index is -0.891. The van der Waals surface area contributed by atoms with Gasteiger partial charge in [-0.05, 0) is 50.5 Å². The van der Waals surface area contributed by atoms with E-state index in [-0.39, 0.29) is 24.2 Å². The van der Waals surface area contributed by atoms with Crippen molar-refractivity contribution in [2.24, 2.45) is 0 Å². The summed E-state index contributed by atoms with van der Waals surface area (Å²) in [5.41, 5.74) is 5.87. The Balaban J connectivity index is 1.95. The third-order valence-corrected chi connectivity index (χ3v) is 6.42. The second-order valence-corrected chi connectivity index (χ2v) is 8.37. The van der Waals surface area contributed by atoms with E-state index in [1.807, 2.05) is 44.2 Å². The fourth-order valence-electron chi connectivity index (χ4n) is 4.77. The molecule has 2 aromatic heterocycles. The molecule has 0 bridgehead atoms. The zero-order valence-electron chi connectivity index (χ0n) is 18.5. The largest absolute Gasteiger partial charge is 0.481 e. The number of nitrogens with zero attached hydrogens (tertiary/aromatic N) is 2. The normalized spacial score (nSPS) is 13.7. The Labute approximate surface area is 181 Å². The summed E-state index contributed by atoms with van der Waals surface area (Å²) in [4.78, 5) is 28.7. The molecule has 0 saturated heterocycles. The van der Waals surface area contributed by atoms with Crippen LogP contribution < -0.4 is 5.69 Å². The number of para-hydroxylation sites is 3. The molecule has 0 amide bonds. The van der Waals surface area contributed by atoms with Crippen molar-refractivity contribution in [2.45, 2.75) is 59.0 Å². The van der Waals surface area contributed by atoms with Gasteiger partial charge in [-0.3, -0.25) is 13.9 Å². The van der Waals surface area contributed by atoms with Crippen molar-refractivity contribution in [2.75, 3.05) is 0 Å². The highest BCUT2D eigenvalue weighted by atomic mass is 16.4. The van der Waals surface area contributed by atoms with Gasteiger partial charge in [-0.15, -0.1) is 0 Å². The molecule has 0 radical (unpaired) electrons. The van der Waals surface area contributed by atoms with Crippen LogP contribution >= 0.6 is 0 Å². The van der Waals surface area contributed by atoms with E-state index in [0.29, 0.717) is 6.42 Å². The summed E-state index contributed by atoms with van der Waals surface area (Å²) in [6, 6.07) is 13.3. The first-order valence-corrected chi connectivity index (χ1v) is 10.9. The Bertz CT molecular complexity index is 1330. The van der Waals surface area contributed by atoms with Crippen LogP contribution in [0.1, 0.15) is 62.0 Å². The number of benzene rings is 2. The van der Waals surface area contributed by atoms with E-state index >= 15 is 0 Å². The summed E-state index contributed by atoms with van der Waals surface area (Å²) in [7, 11) is 0. The van der Waals surface area contributed by atoms with Crippen molar-refractivity contribution in [1.82, 2.24) is 14.1 Å². The van der Waals surface area contributed by atoms with Gasteiger partial charge in [0.15, 0.2) is 0 Å². The van der Waals surface area contributed by atoms with Gasteiger partial charge < -0.3 is 10.1 Å². The number of aromatic nitrogens is 3. The van der Waals surface area contributed by atoms with Crippen LogP contribution in [-0.4, -0.2) is 25.2 Å². The third kappa shape index (κ3) is 3.46. The minimum Gasteiger partial charge on any atom is -0.481 e. The molecule has 2 aromatic carbocycles. The maximum Gasteiger partial charge on any atom is 0.329 e. The second kappa shape index (κ2) is 8.10. The molecule has 31 heavy (non-hydrogen) atoms. The number of hydrogen-bond donors (Lipinski definition) is 2. The van der Waals surface area contributed by atoms with Crippen molar-refractivity contribution in [3.05, 3.63) is 69.8 Å². The first-order chi connectivity index (χ1) is 14.8. The van der Waals surface area contributed by atoms with E-state index in [0.717, 1.165) is 39.6 Å². The lowest BCUT2D eigenvalue weighted by molar-refractivity contribution is -0.137. The summed E-state index contributed by atoms with van der Waals surface area (Å²) < 4.78 is 3.49. The Kier molecular flexibility index (Phi) is 5.48. The maximum atomic E-state index is 13.7. The fourth-order valence-corrected chi connectivity index (χ4v) is 4.77. The van der Waals surface area contributed by atoms with Gasteiger partial charge in [0, 0.05) is 17.1 Å². The lowest BCUT2D eigenvalue weighted by Gasteiger charge is -2.17. The smallest absolute Gasteiger partial charge is 0.329 e. The van der Waals surface area contributed by atoms with Gasteiger partial charge in [0.05, 0.1) is 29.0 Å². The first-order valence-electron chi connectivity index (χ1n) is 10.9. The number of aryl methyl sites for hydroxylation is 2. The van der Waals surface area contributed by atoms with Crippen molar-refractivity contribution >= 4 is 27.9 Å². The molecule has 6 nitrogen and oxygen atoms in total. The summed E-state index contributed by atoms with van der Waals surface area (Å²) >= 11 is 0. The van der Waals surface area contributed by atoms with Crippen molar-refractivity contribution in [3.8, 4) is 0 Å². The standard InChI is InChI=1S/C25H29N3O3/c1-5-9-18(14-23(29)30)28-22-13-7-6-12-21(22)27(25(28)31)17(4)20-11-8-10-19-15(2)16(3)26-24(19)20/h6-8,10-13,17-18,26H,5,9,14H2,1-4H3,(H,29,30). The molecule has 162 valence electrons. The predicted octanol–water partition coefficient (Wildman–Crippen LogP) is 5.33. The molecule has 0 aliphatic rings. The number of aromatic amines is 1. The topological polar surface area (TPSA) is 80.0 Å². The molecule has 4 rings (SSSR count). The first kappa shape index (κ1) is 21.0.